The number of carboxylic acid groups (broad SMARTS) is 2. The predicted molar refractivity (Wildman–Crippen MR) is 137 cm³/mol. The van der Waals surface area contributed by atoms with Gasteiger partial charge in [0.15, 0.2) is 11.5 Å². The zero-order valence-electron chi connectivity index (χ0n) is 20.2. The van der Waals surface area contributed by atoms with Crippen molar-refractivity contribution >= 4 is 35.5 Å². The van der Waals surface area contributed by atoms with Gasteiger partial charge in [0.2, 0.25) is 6.79 Å². The Bertz CT molecular complexity index is 1050. The van der Waals surface area contributed by atoms with Gasteiger partial charge in [0.1, 0.15) is 5.70 Å². The number of carbonyl (C=O) groups is 2. The quantitative estimate of drug-likeness (QED) is 0.383. The Labute approximate surface area is 220 Å². The van der Waals surface area contributed by atoms with Crippen molar-refractivity contribution in [2.24, 2.45) is 17.8 Å². The Balaban J connectivity index is 1.51. The number of carboxylic acids is 2. The summed E-state index contributed by atoms with van der Waals surface area (Å²) in [5.41, 5.74) is 1.17. The summed E-state index contributed by atoms with van der Waals surface area (Å²) in [5.74, 6) is 0.589. The molecule has 3 unspecified atom stereocenters. The van der Waals surface area contributed by atoms with Crippen LogP contribution in [0.3, 0.4) is 0 Å². The lowest BCUT2D eigenvalue weighted by Crippen LogP contribution is -2.48. The fourth-order valence-electron chi connectivity index (χ4n) is 6.52. The van der Waals surface area contributed by atoms with Gasteiger partial charge in [-0.15, -0.1) is 0 Å². The average Bonchev–Trinajstić information content (AvgIpc) is 3.50. The third-order valence-electron chi connectivity index (χ3n) is 8.18. The maximum absolute atomic E-state index is 11.6. The molecule has 0 radical (unpaired) electrons. The summed E-state index contributed by atoms with van der Waals surface area (Å²) in [6.07, 6.45) is 11.0. The third-order valence-corrected chi connectivity index (χ3v) is 10.0. The fourth-order valence-corrected chi connectivity index (χ4v) is 8.35. The van der Waals surface area contributed by atoms with Gasteiger partial charge in [-0.25, -0.2) is 4.79 Å². The molecule has 0 saturated heterocycles. The van der Waals surface area contributed by atoms with Crippen molar-refractivity contribution in [2.45, 2.75) is 69.0 Å². The first-order chi connectivity index (χ1) is 17.3. The normalized spacial score (nSPS) is 28.0. The number of hydrogen-bond donors (Lipinski definition) is 3. The van der Waals surface area contributed by atoms with E-state index in [1.807, 2.05) is 16.4 Å². The van der Waals surface area contributed by atoms with Gasteiger partial charge < -0.3 is 29.3 Å². The van der Waals surface area contributed by atoms with Crippen molar-refractivity contribution in [2.75, 3.05) is 13.5 Å². The molecule has 5 rings (SSSR count). The predicted octanol–water partition coefficient (Wildman–Crippen LogP) is 5.26. The maximum atomic E-state index is 11.6. The molecular weight excluding hydrogens is 504 g/mol. The van der Waals surface area contributed by atoms with Crippen LogP contribution in [-0.2, 0) is 16.0 Å². The van der Waals surface area contributed by atoms with Crippen molar-refractivity contribution in [1.82, 2.24) is 9.62 Å². The SMILES string of the molecule is O=C(O)CC1CCC(Cc2cc3c(cc2Cl)OCO3)(SN2C=C(C(=O)O)NC2)C(C2CCCCC2)C1. The lowest BCUT2D eigenvalue weighted by Gasteiger charge is -2.51. The van der Waals surface area contributed by atoms with Crippen molar-refractivity contribution in [1.29, 1.82) is 0 Å². The number of benzene rings is 1. The first-order valence-electron chi connectivity index (χ1n) is 12.8. The van der Waals surface area contributed by atoms with Crippen molar-refractivity contribution in [3.63, 3.8) is 0 Å². The minimum atomic E-state index is -0.972. The maximum Gasteiger partial charge on any atom is 0.353 e. The van der Waals surface area contributed by atoms with Crippen LogP contribution in [0.1, 0.15) is 63.4 Å². The van der Waals surface area contributed by atoms with Crippen molar-refractivity contribution < 1.29 is 29.3 Å². The van der Waals surface area contributed by atoms with Crippen LogP contribution >= 0.6 is 23.5 Å². The van der Waals surface area contributed by atoms with E-state index in [-0.39, 0.29) is 29.6 Å². The number of fused-ring (bicyclic) bond motifs is 1. The summed E-state index contributed by atoms with van der Waals surface area (Å²) >= 11 is 8.47. The van der Waals surface area contributed by atoms with Crippen LogP contribution in [0.4, 0.5) is 0 Å². The Kier molecular flexibility index (Phi) is 7.49. The van der Waals surface area contributed by atoms with E-state index in [1.165, 1.54) is 19.3 Å². The van der Waals surface area contributed by atoms with Crippen LogP contribution < -0.4 is 14.8 Å². The Morgan fingerprint density at radius 2 is 1.89 bits per heavy atom. The molecule has 10 heteroatoms. The van der Waals surface area contributed by atoms with Gasteiger partial charge in [0.25, 0.3) is 0 Å². The molecule has 2 saturated carbocycles. The second-order valence-corrected chi connectivity index (χ2v) is 12.3. The van der Waals surface area contributed by atoms with Crippen molar-refractivity contribution in [3.8, 4) is 11.5 Å². The van der Waals surface area contributed by atoms with Crippen LogP contribution in [-0.4, -0.2) is 44.7 Å². The van der Waals surface area contributed by atoms with Gasteiger partial charge >= 0.3 is 11.9 Å². The highest BCUT2D eigenvalue weighted by Gasteiger charge is 2.49. The molecule has 196 valence electrons. The van der Waals surface area contributed by atoms with Crippen LogP contribution in [0.15, 0.2) is 24.0 Å². The first-order valence-corrected chi connectivity index (χ1v) is 13.9. The third kappa shape index (κ3) is 5.37. The van der Waals surface area contributed by atoms with E-state index >= 15 is 0 Å². The Hall–Kier alpha value is -2.26. The van der Waals surface area contributed by atoms with E-state index in [2.05, 4.69) is 5.32 Å². The van der Waals surface area contributed by atoms with Crippen LogP contribution in [0.2, 0.25) is 5.02 Å². The number of ether oxygens (including phenoxy) is 2. The highest BCUT2D eigenvalue weighted by atomic mass is 35.5. The number of halogens is 1. The van der Waals surface area contributed by atoms with E-state index in [1.54, 1.807) is 18.1 Å². The van der Waals surface area contributed by atoms with E-state index in [0.29, 0.717) is 41.4 Å². The number of rotatable bonds is 8. The first kappa shape index (κ1) is 25.4. The molecule has 0 spiro atoms. The molecule has 0 bridgehead atoms. The minimum Gasteiger partial charge on any atom is -0.481 e. The number of aliphatic carboxylic acids is 2. The summed E-state index contributed by atoms with van der Waals surface area (Å²) in [4.78, 5) is 23.2. The molecule has 3 N–H and O–H groups in total. The van der Waals surface area contributed by atoms with Crippen LogP contribution in [0.25, 0.3) is 0 Å². The topological polar surface area (TPSA) is 108 Å². The van der Waals surface area contributed by atoms with E-state index in [0.717, 1.165) is 37.7 Å². The second-order valence-electron chi connectivity index (χ2n) is 10.5. The minimum absolute atomic E-state index is 0.150. The lowest BCUT2D eigenvalue weighted by atomic mass is 9.63. The van der Waals surface area contributed by atoms with Crippen LogP contribution in [0.5, 0.6) is 11.5 Å². The van der Waals surface area contributed by atoms with Gasteiger partial charge in [-0.3, -0.25) is 4.79 Å². The zero-order chi connectivity index (χ0) is 25.3. The van der Waals surface area contributed by atoms with Gasteiger partial charge in [-0.1, -0.05) is 43.7 Å². The largest absolute Gasteiger partial charge is 0.481 e. The summed E-state index contributed by atoms with van der Waals surface area (Å²) in [7, 11) is 0. The molecule has 8 nitrogen and oxygen atoms in total. The molecule has 3 atom stereocenters. The van der Waals surface area contributed by atoms with E-state index < -0.39 is 11.9 Å². The molecule has 1 aromatic rings. The van der Waals surface area contributed by atoms with Gasteiger partial charge in [0.05, 0.1) is 6.67 Å². The van der Waals surface area contributed by atoms with Gasteiger partial charge in [0, 0.05) is 28.5 Å². The van der Waals surface area contributed by atoms with Crippen LogP contribution in [0, 0.1) is 17.8 Å². The van der Waals surface area contributed by atoms with E-state index in [4.69, 9.17) is 21.1 Å². The lowest BCUT2D eigenvalue weighted by molar-refractivity contribution is -0.138. The number of nitrogens with zero attached hydrogens (tertiary/aromatic N) is 1. The summed E-state index contributed by atoms with van der Waals surface area (Å²) in [6, 6.07) is 3.80. The molecule has 4 aliphatic rings. The van der Waals surface area contributed by atoms with Gasteiger partial charge in [-0.2, -0.15) is 0 Å². The molecule has 36 heavy (non-hydrogen) atoms. The summed E-state index contributed by atoms with van der Waals surface area (Å²) < 4.78 is 12.9. The molecule has 2 aliphatic carbocycles. The highest BCUT2D eigenvalue weighted by Crippen LogP contribution is 2.56. The van der Waals surface area contributed by atoms with Crippen molar-refractivity contribution in [3.05, 3.63) is 34.6 Å². The molecular formula is C26H33ClN2O6S. The number of hydrogen-bond acceptors (Lipinski definition) is 7. The molecule has 0 aromatic heterocycles. The molecule has 2 heterocycles. The Morgan fingerprint density at radius 1 is 1.14 bits per heavy atom. The second kappa shape index (κ2) is 10.6. The summed E-state index contributed by atoms with van der Waals surface area (Å²) in [6.45, 7) is 0.595. The fraction of sp³-hybridized carbons (Fsp3) is 0.615. The number of nitrogens with one attached hydrogen (secondary N) is 1. The molecule has 0 amide bonds. The Morgan fingerprint density at radius 3 is 2.58 bits per heavy atom. The molecule has 1 aromatic carbocycles. The van der Waals surface area contributed by atoms with Gasteiger partial charge in [-0.05, 0) is 67.0 Å². The zero-order valence-corrected chi connectivity index (χ0v) is 21.8. The molecule has 2 fully saturated rings. The highest BCUT2D eigenvalue weighted by molar-refractivity contribution is 7.98. The standard InChI is InChI=1S/C26H33ClN2O6S/c27-20-11-23-22(34-15-35-23)10-18(20)12-26(36-29-13-21(25(32)33)28-14-29)7-6-16(9-24(30)31)8-19(26)17-4-2-1-3-5-17/h10-11,13,16-17,19,28H,1-9,12,14-15H2,(H,30,31)(H,32,33). The van der Waals surface area contributed by atoms with E-state index in [9.17, 15) is 19.8 Å². The monoisotopic (exact) mass is 536 g/mol. The smallest absolute Gasteiger partial charge is 0.353 e. The molecule has 2 aliphatic heterocycles. The average molecular weight is 537 g/mol. The summed E-state index contributed by atoms with van der Waals surface area (Å²) in [5, 5.41) is 22.6.